The Morgan fingerprint density at radius 3 is 2.48 bits per heavy atom. The molecule has 0 atom stereocenters. The van der Waals surface area contributed by atoms with E-state index in [0.717, 1.165) is 60.4 Å². The van der Waals surface area contributed by atoms with Gasteiger partial charge in [0, 0.05) is 30.5 Å². The first-order valence-electron chi connectivity index (χ1n) is 10.9. The van der Waals surface area contributed by atoms with Crippen LogP contribution in [0.25, 0.3) is 0 Å². The van der Waals surface area contributed by atoms with Crippen molar-refractivity contribution >= 4 is 29.9 Å². The molecule has 1 aromatic heterocycles. The van der Waals surface area contributed by atoms with E-state index in [2.05, 4.69) is 62.5 Å². The summed E-state index contributed by atoms with van der Waals surface area (Å²) >= 11 is 0. The predicted octanol–water partition coefficient (Wildman–Crippen LogP) is 4.22. The lowest BCUT2D eigenvalue weighted by molar-refractivity contribution is 0.171. The number of hydrogen-bond donors (Lipinski definition) is 2. The number of rotatable bonds is 8. The van der Waals surface area contributed by atoms with Crippen LogP contribution in [0.3, 0.4) is 0 Å². The first-order valence-corrected chi connectivity index (χ1v) is 10.9. The van der Waals surface area contributed by atoms with E-state index in [4.69, 9.17) is 19.0 Å². The Bertz CT molecular complexity index is 858. The Morgan fingerprint density at radius 2 is 1.81 bits per heavy atom. The third kappa shape index (κ3) is 6.27. The van der Waals surface area contributed by atoms with Crippen LogP contribution < -0.4 is 20.1 Å². The first kappa shape index (κ1) is 25.3. The van der Waals surface area contributed by atoms with Crippen LogP contribution in [0.2, 0.25) is 0 Å². The summed E-state index contributed by atoms with van der Waals surface area (Å²) < 4.78 is 16.9. The molecule has 0 amide bonds. The molecule has 31 heavy (non-hydrogen) atoms. The summed E-state index contributed by atoms with van der Waals surface area (Å²) in [5, 5.41) is 11.0. The number of benzene rings is 1. The van der Waals surface area contributed by atoms with Gasteiger partial charge in [0.1, 0.15) is 19.0 Å². The molecule has 3 rings (SSSR count). The third-order valence-corrected chi connectivity index (χ3v) is 5.37. The zero-order valence-corrected chi connectivity index (χ0v) is 21.5. The van der Waals surface area contributed by atoms with E-state index < -0.39 is 0 Å². The summed E-state index contributed by atoms with van der Waals surface area (Å²) in [5.41, 5.74) is 3.16. The highest BCUT2D eigenvalue weighted by atomic mass is 127. The van der Waals surface area contributed by atoms with Gasteiger partial charge in [-0.25, -0.2) is 4.99 Å². The summed E-state index contributed by atoms with van der Waals surface area (Å²) in [6, 6.07) is 6.19. The second-order valence-corrected chi connectivity index (χ2v) is 8.03. The number of nitrogens with one attached hydrogen (secondary N) is 2. The standard InChI is InChI=1S/C23H34N4O3.HI/c1-6-18-17(19(7-2)30-27-18)14-25-22(24-8-3)26-15-23(4,5)16-9-10-20-21(13-16)29-12-11-28-20;/h9-10,13H,6-8,11-12,14-15H2,1-5H3,(H2,24,25,26);1H. The zero-order valence-electron chi connectivity index (χ0n) is 19.2. The van der Waals surface area contributed by atoms with Crippen molar-refractivity contribution in [2.24, 2.45) is 4.99 Å². The molecule has 1 aliphatic heterocycles. The van der Waals surface area contributed by atoms with Gasteiger partial charge >= 0.3 is 0 Å². The normalized spacial score (nSPS) is 13.5. The van der Waals surface area contributed by atoms with Crippen molar-refractivity contribution in [1.82, 2.24) is 15.8 Å². The van der Waals surface area contributed by atoms with Crippen molar-refractivity contribution < 1.29 is 14.0 Å². The van der Waals surface area contributed by atoms with Crippen LogP contribution in [0, 0.1) is 0 Å². The molecular weight excluding hydrogens is 507 g/mol. The fraction of sp³-hybridized carbons (Fsp3) is 0.565. The van der Waals surface area contributed by atoms with Crippen LogP contribution in [0.15, 0.2) is 27.7 Å². The van der Waals surface area contributed by atoms with Gasteiger partial charge in [-0.3, -0.25) is 0 Å². The molecule has 2 N–H and O–H groups in total. The molecule has 0 aliphatic carbocycles. The van der Waals surface area contributed by atoms with Gasteiger partial charge in [0.05, 0.1) is 12.2 Å². The number of nitrogens with zero attached hydrogens (tertiary/aromatic N) is 2. The van der Waals surface area contributed by atoms with Crippen LogP contribution >= 0.6 is 24.0 Å². The smallest absolute Gasteiger partial charge is 0.191 e. The highest BCUT2D eigenvalue weighted by molar-refractivity contribution is 14.0. The van der Waals surface area contributed by atoms with Gasteiger partial charge in [-0.05, 0) is 31.0 Å². The zero-order chi connectivity index (χ0) is 21.6. The van der Waals surface area contributed by atoms with Crippen molar-refractivity contribution in [3.8, 4) is 11.5 Å². The molecule has 1 aliphatic rings. The number of aryl methyl sites for hydroxylation is 2. The van der Waals surface area contributed by atoms with Gasteiger partial charge < -0.3 is 24.6 Å². The van der Waals surface area contributed by atoms with Gasteiger partial charge in [0.2, 0.25) is 0 Å². The van der Waals surface area contributed by atoms with Crippen LogP contribution in [0.1, 0.15) is 57.2 Å². The van der Waals surface area contributed by atoms with E-state index in [1.54, 1.807) is 0 Å². The molecule has 172 valence electrons. The highest BCUT2D eigenvalue weighted by Gasteiger charge is 2.24. The third-order valence-electron chi connectivity index (χ3n) is 5.37. The maximum atomic E-state index is 5.75. The fourth-order valence-corrected chi connectivity index (χ4v) is 3.49. The molecule has 0 bridgehead atoms. The first-order chi connectivity index (χ1) is 14.5. The lowest BCUT2D eigenvalue weighted by Gasteiger charge is -2.28. The molecule has 0 unspecified atom stereocenters. The van der Waals surface area contributed by atoms with E-state index in [0.29, 0.717) is 19.8 Å². The number of ether oxygens (including phenoxy) is 2. The summed E-state index contributed by atoms with van der Waals surface area (Å²) in [6.45, 7) is 13.9. The predicted molar refractivity (Wildman–Crippen MR) is 134 cm³/mol. The molecule has 0 radical (unpaired) electrons. The van der Waals surface area contributed by atoms with E-state index >= 15 is 0 Å². The summed E-state index contributed by atoms with van der Waals surface area (Å²) in [5.74, 6) is 3.34. The van der Waals surface area contributed by atoms with Crippen molar-refractivity contribution in [3.63, 3.8) is 0 Å². The van der Waals surface area contributed by atoms with Crippen LogP contribution in [0.5, 0.6) is 11.5 Å². The second-order valence-electron chi connectivity index (χ2n) is 8.03. The minimum absolute atomic E-state index is 0. The fourth-order valence-electron chi connectivity index (χ4n) is 3.49. The van der Waals surface area contributed by atoms with Gasteiger partial charge in [0.25, 0.3) is 0 Å². The van der Waals surface area contributed by atoms with Gasteiger partial charge in [0.15, 0.2) is 17.5 Å². The number of aliphatic imine (C=N–C) groups is 1. The minimum atomic E-state index is -0.119. The molecule has 1 aromatic carbocycles. The SMILES string of the molecule is CCNC(=NCc1c(CC)noc1CC)NCC(C)(C)c1ccc2c(c1)OCCO2.I. The number of halogens is 1. The summed E-state index contributed by atoms with van der Waals surface area (Å²) in [7, 11) is 0. The highest BCUT2D eigenvalue weighted by Crippen LogP contribution is 2.34. The maximum absolute atomic E-state index is 5.75. The lowest BCUT2D eigenvalue weighted by Crippen LogP contribution is -2.43. The van der Waals surface area contributed by atoms with Crippen molar-refractivity contribution in [2.75, 3.05) is 26.3 Å². The topological polar surface area (TPSA) is 80.9 Å². The molecule has 7 nitrogen and oxygen atoms in total. The average Bonchev–Trinajstić information content (AvgIpc) is 3.17. The largest absolute Gasteiger partial charge is 0.486 e. The molecule has 0 spiro atoms. The maximum Gasteiger partial charge on any atom is 0.191 e. The lowest BCUT2D eigenvalue weighted by atomic mass is 9.84. The van der Waals surface area contributed by atoms with Crippen LogP contribution in [-0.2, 0) is 24.8 Å². The van der Waals surface area contributed by atoms with E-state index in [1.165, 1.54) is 5.56 Å². The molecule has 2 aromatic rings. The van der Waals surface area contributed by atoms with Crippen molar-refractivity contribution in [2.45, 2.75) is 59.4 Å². The minimum Gasteiger partial charge on any atom is -0.486 e. The number of hydrogen-bond acceptors (Lipinski definition) is 5. The molecule has 0 fully saturated rings. The number of guanidine groups is 1. The Kier molecular flexibility index (Phi) is 9.46. The molecule has 0 saturated carbocycles. The summed E-state index contributed by atoms with van der Waals surface area (Å²) in [6.07, 6.45) is 1.66. The van der Waals surface area contributed by atoms with Crippen LogP contribution in [0.4, 0.5) is 0 Å². The molecular formula is C23H35IN4O3. The Hall–Kier alpha value is -1.97. The monoisotopic (exact) mass is 542 g/mol. The van der Waals surface area contributed by atoms with Crippen molar-refractivity contribution in [3.05, 3.63) is 40.8 Å². The quantitative estimate of drug-likeness (QED) is 0.296. The van der Waals surface area contributed by atoms with Gasteiger partial charge in [-0.1, -0.05) is 38.9 Å². The Balaban J connectivity index is 0.00000341. The van der Waals surface area contributed by atoms with E-state index in [-0.39, 0.29) is 29.4 Å². The Labute approximate surface area is 202 Å². The van der Waals surface area contributed by atoms with Gasteiger partial charge in [-0.2, -0.15) is 0 Å². The molecule has 0 saturated heterocycles. The van der Waals surface area contributed by atoms with Crippen LogP contribution in [-0.4, -0.2) is 37.4 Å². The number of aromatic nitrogens is 1. The number of fused-ring (bicyclic) bond motifs is 1. The Morgan fingerprint density at radius 1 is 1.06 bits per heavy atom. The summed E-state index contributed by atoms with van der Waals surface area (Å²) in [4.78, 5) is 4.79. The average molecular weight is 542 g/mol. The van der Waals surface area contributed by atoms with Crippen molar-refractivity contribution in [1.29, 1.82) is 0 Å². The molecule has 8 heteroatoms. The second kappa shape index (κ2) is 11.6. The van der Waals surface area contributed by atoms with E-state index in [9.17, 15) is 0 Å². The van der Waals surface area contributed by atoms with E-state index in [1.807, 2.05) is 6.07 Å². The molecule has 2 heterocycles. The van der Waals surface area contributed by atoms with Gasteiger partial charge in [-0.15, -0.1) is 24.0 Å².